The molecule has 0 amide bonds. The maximum Gasteiger partial charge on any atom is 0.416 e. The normalized spacial score (nSPS) is 11.4. The Morgan fingerprint density at radius 3 is 2.14 bits per heavy atom. The van der Waals surface area contributed by atoms with Gasteiger partial charge in [0.15, 0.2) is 0 Å². The monoisotopic (exact) mass is 399 g/mol. The van der Waals surface area contributed by atoms with Crippen molar-refractivity contribution in [1.29, 1.82) is 0 Å². The van der Waals surface area contributed by atoms with Crippen molar-refractivity contribution in [2.75, 3.05) is 26.8 Å². The van der Waals surface area contributed by atoms with Crippen LogP contribution in [0.5, 0.6) is 17.2 Å². The second kappa shape index (κ2) is 8.46. The summed E-state index contributed by atoms with van der Waals surface area (Å²) >= 11 is 0. The Morgan fingerprint density at radius 1 is 1.07 bits per heavy atom. The number of halogens is 3. The van der Waals surface area contributed by atoms with Gasteiger partial charge in [-0.25, -0.2) is 0 Å². The Kier molecular flexibility index (Phi) is 6.29. The number of nitro benzene ring substituents is 1. The number of nitro groups is 1. The first-order valence-corrected chi connectivity index (χ1v) is 7.66. The van der Waals surface area contributed by atoms with Crippen molar-refractivity contribution in [3.05, 3.63) is 51.6 Å². The van der Waals surface area contributed by atoms with Gasteiger partial charge in [0.2, 0.25) is 0 Å². The van der Waals surface area contributed by atoms with E-state index >= 15 is 0 Å². The van der Waals surface area contributed by atoms with Crippen molar-refractivity contribution in [2.45, 2.75) is 6.18 Å². The third-order valence-corrected chi connectivity index (χ3v) is 3.65. The number of methoxy groups -OCH3 is 3. The lowest BCUT2D eigenvalue weighted by molar-refractivity contribution is -0.384. The van der Waals surface area contributed by atoms with Crippen LogP contribution < -0.4 is 19.6 Å². The van der Waals surface area contributed by atoms with Gasteiger partial charge in [0.05, 0.1) is 43.6 Å². The Hall–Kier alpha value is -3.50. The standard InChI is InChI=1S/C17H16F3N3O5/c1-26-11-7-15(27-2)12(16(8-11)28-3)9-21-22-13-5-4-10(17(18,19)20)6-14(13)23(24)25/h4-9,22H,1-3H3/b21-9-. The molecule has 0 unspecified atom stereocenters. The molecule has 0 heterocycles. The van der Waals surface area contributed by atoms with Gasteiger partial charge in [-0.2, -0.15) is 18.3 Å². The molecule has 0 saturated carbocycles. The lowest BCUT2D eigenvalue weighted by atomic mass is 10.1. The molecule has 1 N–H and O–H groups in total. The van der Waals surface area contributed by atoms with Crippen LogP contribution >= 0.6 is 0 Å². The van der Waals surface area contributed by atoms with E-state index in [1.54, 1.807) is 12.1 Å². The van der Waals surface area contributed by atoms with Crippen LogP contribution in [0.4, 0.5) is 24.5 Å². The van der Waals surface area contributed by atoms with E-state index in [0.717, 1.165) is 12.1 Å². The van der Waals surface area contributed by atoms with Crippen LogP contribution in [0, 0.1) is 10.1 Å². The SMILES string of the molecule is COc1cc(OC)c(/C=N\Nc2ccc(C(F)(F)F)cc2[N+](=O)[O-])c(OC)c1. The summed E-state index contributed by atoms with van der Waals surface area (Å²) in [4.78, 5) is 10.2. The highest BCUT2D eigenvalue weighted by molar-refractivity contribution is 5.88. The van der Waals surface area contributed by atoms with Crippen molar-refractivity contribution in [3.8, 4) is 17.2 Å². The van der Waals surface area contributed by atoms with E-state index in [0.29, 0.717) is 28.9 Å². The molecule has 0 saturated heterocycles. The van der Waals surface area contributed by atoms with Gasteiger partial charge in [0.25, 0.3) is 5.69 Å². The topological polar surface area (TPSA) is 95.2 Å². The van der Waals surface area contributed by atoms with Crippen molar-refractivity contribution in [3.63, 3.8) is 0 Å². The maximum atomic E-state index is 12.8. The van der Waals surface area contributed by atoms with Gasteiger partial charge in [-0.3, -0.25) is 15.5 Å². The predicted molar refractivity (Wildman–Crippen MR) is 95.4 cm³/mol. The number of ether oxygens (including phenoxy) is 3. The van der Waals surface area contributed by atoms with Crippen molar-refractivity contribution in [1.82, 2.24) is 0 Å². The molecule has 11 heteroatoms. The predicted octanol–water partition coefficient (Wildman–Crippen LogP) is 4.09. The first kappa shape index (κ1) is 20.8. The average molecular weight is 399 g/mol. The molecule has 0 spiro atoms. The summed E-state index contributed by atoms with van der Waals surface area (Å²) in [6, 6.07) is 5.24. The van der Waals surface area contributed by atoms with Crippen LogP contribution in [0.25, 0.3) is 0 Å². The number of benzene rings is 2. The van der Waals surface area contributed by atoms with Crippen LogP contribution in [0.15, 0.2) is 35.4 Å². The van der Waals surface area contributed by atoms with E-state index in [-0.39, 0.29) is 5.69 Å². The molecule has 0 aliphatic heterocycles. The fraction of sp³-hybridized carbons (Fsp3) is 0.235. The van der Waals surface area contributed by atoms with Gasteiger partial charge in [-0.05, 0) is 12.1 Å². The van der Waals surface area contributed by atoms with E-state index in [2.05, 4.69) is 10.5 Å². The van der Waals surface area contributed by atoms with Crippen LogP contribution in [0.2, 0.25) is 0 Å². The number of hydrogen-bond acceptors (Lipinski definition) is 7. The maximum absolute atomic E-state index is 12.8. The summed E-state index contributed by atoms with van der Waals surface area (Å²) < 4.78 is 53.9. The van der Waals surface area contributed by atoms with Gasteiger partial charge in [-0.15, -0.1) is 0 Å². The van der Waals surface area contributed by atoms with E-state index in [1.165, 1.54) is 27.5 Å². The molecule has 0 aromatic heterocycles. The molecule has 0 aliphatic rings. The molecular weight excluding hydrogens is 383 g/mol. The van der Waals surface area contributed by atoms with Gasteiger partial charge in [0, 0.05) is 18.2 Å². The summed E-state index contributed by atoms with van der Waals surface area (Å²) in [5.74, 6) is 1.17. The third kappa shape index (κ3) is 4.61. The highest BCUT2D eigenvalue weighted by Crippen LogP contribution is 2.35. The van der Waals surface area contributed by atoms with E-state index in [9.17, 15) is 23.3 Å². The summed E-state index contributed by atoms with van der Waals surface area (Å²) in [5, 5.41) is 15.0. The van der Waals surface area contributed by atoms with Gasteiger partial charge >= 0.3 is 6.18 Å². The smallest absolute Gasteiger partial charge is 0.416 e. The molecule has 28 heavy (non-hydrogen) atoms. The molecule has 0 fully saturated rings. The van der Waals surface area contributed by atoms with Crippen LogP contribution in [0.3, 0.4) is 0 Å². The molecular formula is C17H16F3N3O5. The summed E-state index contributed by atoms with van der Waals surface area (Å²) in [6.07, 6.45) is -3.44. The van der Waals surface area contributed by atoms with Crippen molar-refractivity contribution >= 4 is 17.6 Å². The Balaban J connectivity index is 2.36. The number of anilines is 1. The molecule has 0 radical (unpaired) electrons. The zero-order valence-electron chi connectivity index (χ0n) is 15.0. The summed E-state index contributed by atoms with van der Waals surface area (Å²) in [5.41, 5.74) is 0.664. The zero-order valence-corrected chi connectivity index (χ0v) is 15.0. The lowest BCUT2D eigenvalue weighted by Crippen LogP contribution is -2.07. The molecule has 0 aliphatic carbocycles. The quantitative estimate of drug-likeness (QED) is 0.428. The average Bonchev–Trinajstić information content (AvgIpc) is 2.66. The van der Waals surface area contributed by atoms with Gasteiger partial charge < -0.3 is 14.2 Å². The van der Waals surface area contributed by atoms with E-state index < -0.39 is 22.4 Å². The molecule has 0 atom stereocenters. The van der Waals surface area contributed by atoms with Crippen molar-refractivity contribution < 1.29 is 32.3 Å². The molecule has 0 bridgehead atoms. The van der Waals surface area contributed by atoms with Gasteiger partial charge in [0.1, 0.15) is 22.9 Å². The summed E-state index contributed by atoms with van der Waals surface area (Å²) in [7, 11) is 4.30. The number of rotatable bonds is 7. The fourth-order valence-electron chi connectivity index (χ4n) is 2.28. The molecule has 150 valence electrons. The number of nitrogens with zero attached hydrogens (tertiary/aromatic N) is 2. The Morgan fingerprint density at radius 2 is 1.68 bits per heavy atom. The zero-order chi connectivity index (χ0) is 20.9. The highest BCUT2D eigenvalue weighted by Gasteiger charge is 2.33. The first-order chi connectivity index (χ1) is 13.2. The Labute approximate surface area is 157 Å². The lowest BCUT2D eigenvalue weighted by Gasteiger charge is -2.12. The molecule has 2 aromatic carbocycles. The minimum absolute atomic E-state index is 0.208. The van der Waals surface area contributed by atoms with E-state index in [4.69, 9.17) is 14.2 Å². The van der Waals surface area contributed by atoms with Gasteiger partial charge in [-0.1, -0.05) is 0 Å². The van der Waals surface area contributed by atoms with Crippen LogP contribution in [-0.2, 0) is 6.18 Å². The highest BCUT2D eigenvalue weighted by atomic mass is 19.4. The van der Waals surface area contributed by atoms with Crippen LogP contribution in [-0.4, -0.2) is 32.5 Å². The number of hydrogen-bond donors (Lipinski definition) is 1. The van der Waals surface area contributed by atoms with Crippen molar-refractivity contribution in [2.24, 2.45) is 5.10 Å². The second-order valence-electron chi connectivity index (χ2n) is 5.30. The molecule has 2 aromatic rings. The first-order valence-electron chi connectivity index (χ1n) is 7.66. The number of alkyl halides is 3. The third-order valence-electron chi connectivity index (χ3n) is 3.65. The number of hydrazone groups is 1. The molecule has 2 rings (SSSR count). The van der Waals surface area contributed by atoms with E-state index in [1.807, 2.05) is 0 Å². The largest absolute Gasteiger partial charge is 0.496 e. The second-order valence-corrected chi connectivity index (χ2v) is 5.30. The minimum Gasteiger partial charge on any atom is -0.496 e. The van der Waals surface area contributed by atoms with Crippen LogP contribution in [0.1, 0.15) is 11.1 Å². The Bertz CT molecular complexity index is 875. The molecule has 8 nitrogen and oxygen atoms in total. The minimum atomic E-state index is -4.70. The number of nitrogens with one attached hydrogen (secondary N) is 1. The fourth-order valence-corrected chi connectivity index (χ4v) is 2.28. The summed E-state index contributed by atoms with van der Waals surface area (Å²) in [6.45, 7) is 0.